The minimum absolute atomic E-state index is 0. The molecule has 0 aliphatic rings. The molecule has 15 heavy (non-hydrogen) atoms. The third-order valence-electron chi connectivity index (χ3n) is 2.03. The first-order valence-electron chi connectivity index (χ1n) is 4.37. The highest BCUT2D eigenvalue weighted by Gasteiger charge is 2.23. The molecule has 1 aromatic rings. The molecule has 0 radical (unpaired) electrons. The number of halogens is 1. The number of rotatable bonds is 4. The first kappa shape index (κ1) is 13.9. The number of nitrogens with two attached hydrogens (primary N) is 2. The molecule has 0 bridgehead atoms. The molecule has 5 N–H and O–H groups in total. The lowest BCUT2D eigenvalue weighted by Crippen LogP contribution is -2.37. The Bertz CT molecular complexity index is 314. The number of carbonyl (C=O) groups is 1. The summed E-state index contributed by atoms with van der Waals surface area (Å²) in [6, 6.07) is 8.80. The molecule has 1 atom stereocenters. The van der Waals surface area contributed by atoms with Gasteiger partial charge in [0.2, 0.25) is 5.91 Å². The number of benzene rings is 1. The highest BCUT2D eigenvalue weighted by Crippen LogP contribution is 2.19. The fourth-order valence-corrected chi connectivity index (χ4v) is 1.18. The van der Waals surface area contributed by atoms with Crippen LogP contribution in [0.4, 0.5) is 0 Å². The third-order valence-corrected chi connectivity index (χ3v) is 2.03. The summed E-state index contributed by atoms with van der Waals surface area (Å²) in [6.45, 7) is 0. The average Bonchev–Trinajstić information content (AvgIpc) is 2.16. The molecule has 5 heteroatoms. The van der Waals surface area contributed by atoms with Gasteiger partial charge in [-0.3, -0.25) is 10.5 Å². The van der Waals surface area contributed by atoms with Crippen LogP contribution in [0.5, 0.6) is 0 Å². The maximum absolute atomic E-state index is 10.5. The molecule has 0 spiro atoms. The van der Waals surface area contributed by atoms with Crippen molar-refractivity contribution in [1.29, 1.82) is 0 Å². The SMILES string of the molecule is Cl.NC(=O)CCC(N)(O)c1ccccc1. The van der Waals surface area contributed by atoms with Gasteiger partial charge < -0.3 is 10.8 Å². The highest BCUT2D eigenvalue weighted by atomic mass is 35.5. The zero-order chi connectivity index (χ0) is 10.6. The number of hydrogen-bond acceptors (Lipinski definition) is 3. The second kappa shape index (κ2) is 5.70. The first-order chi connectivity index (χ1) is 6.52. The second-order valence-corrected chi connectivity index (χ2v) is 3.26. The lowest BCUT2D eigenvalue weighted by atomic mass is 9.99. The number of hydrogen-bond donors (Lipinski definition) is 3. The fraction of sp³-hybridized carbons (Fsp3) is 0.300. The van der Waals surface area contributed by atoms with Gasteiger partial charge in [-0.05, 0) is 5.56 Å². The lowest BCUT2D eigenvalue weighted by molar-refractivity contribution is -0.119. The van der Waals surface area contributed by atoms with Crippen molar-refractivity contribution in [2.75, 3.05) is 0 Å². The quantitative estimate of drug-likeness (QED) is 0.658. The number of primary amides is 1. The van der Waals surface area contributed by atoms with E-state index in [2.05, 4.69) is 0 Å². The monoisotopic (exact) mass is 230 g/mol. The van der Waals surface area contributed by atoms with Gasteiger partial charge in [-0.2, -0.15) is 0 Å². The minimum Gasteiger partial charge on any atom is -0.372 e. The van der Waals surface area contributed by atoms with Gasteiger partial charge in [-0.25, -0.2) is 0 Å². The van der Waals surface area contributed by atoms with E-state index in [4.69, 9.17) is 11.5 Å². The molecular formula is C10H15ClN2O2. The van der Waals surface area contributed by atoms with Crippen LogP contribution in [-0.2, 0) is 10.5 Å². The van der Waals surface area contributed by atoms with Crippen LogP contribution < -0.4 is 11.5 Å². The van der Waals surface area contributed by atoms with E-state index >= 15 is 0 Å². The van der Waals surface area contributed by atoms with Gasteiger partial charge in [0.15, 0.2) is 0 Å². The van der Waals surface area contributed by atoms with Crippen LogP contribution in [0.15, 0.2) is 30.3 Å². The van der Waals surface area contributed by atoms with Crippen molar-refractivity contribution in [3.63, 3.8) is 0 Å². The van der Waals surface area contributed by atoms with Gasteiger partial charge in [0.25, 0.3) is 0 Å². The van der Waals surface area contributed by atoms with E-state index in [0.29, 0.717) is 5.56 Å². The first-order valence-corrected chi connectivity index (χ1v) is 4.37. The Labute approximate surface area is 94.7 Å². The van der Waals surface area contributed by atoms with Gasteiger partial charge >= 0.3 is 0 Å². The number of aliphatic hydroxyl groups is 1. The van der Waals surface area contributed by atoms with Crippen molar-refractivity contribution in [2.24, 2.45) is 11.5 Å². The molecule has 0 saturated heterocycles. The number of amides is 1. The van der Waals surface area contributed by atoms with E-state index in [9.17, 15) is 9.90 Å². The standard InChI is InChI=1S/C10H14N2O2.ClH/c11-9(13)6-7-10(12,14)8-4-2-1-3-5-8;/h1-5,14H,6-7,12H2,(H2,11,13);1H. The van der Waals surface area contributed by atoms with Crippen LogP contribution in [0, 0.1) is 0 Å². The lowest BCUT2D eigenvalue weighted by Gasteiger charge is -2.22. The van der Waals surface area contributed by atoms with E-state index in [1.54, 1.807) is 24.3 Å². The van der Waals surface area contributed by atoms with Gasteiger partial charge in [0, 0.05) is 12.8 Å². The van der Waals surface area contributed by atoms with Crippen LogP contribution in [0.25, 0.3) is 0 Å². The van der Waals surface area contributed by atoms with Gasteiger partial charge in [0.05, 0.1) is 0 Å². The molecular weight excluding hydrogens is 216 g/mol. The summed E-state index contributed by atoms with van der Waals surface area (Å²) < 4.78 is 0. The van der Waals surface area contributed by atoms with Crippen molar-refractivity contribution < 1.29 is 9.90 Å². The van der Waals surface area contributed by atoms with E-state index in [0.717, 1.165) is 0 Å². The summed E-state index contributed by atoms with van der Waals surface area (Å²) in [6.07, 6.45) is 0.203. The van der Waals surface area contributed by atoms with E-state index in [1.807, 2.05) is 6.07 Å². The topological polar surface area (TPSA) is 89.3 Å². The molecule has 1 amide bonds. The van der Waals surface area contributed by atoms with Gasteiger partial charge in [0.1, 0.15) is 5.72 Å². The Hall–Kier alpha value is -1.10. The van der Waals surface area contributed by atoms with Gasteiger partial charge in [-0.1, -0.05) is 30.3 Å². The smallest absolute Gasteiger partial charge is 0.217 e. The largest absolute Gasteiger partial charge is 0.372 e. The zero-order valence-corrected chi connectivity index (χ0v) is 9.04. The highest BCUT2D eigenvalue weighted by molar-refractivity contribution is 5.85. The van der Waals surface area contributed by atoms with Crippen molar-refractivity contribution >= 4 is 18.3 Å². The summed E-state index contributed by atoms with van der Waals surface area (Å²) in [7, 11) is 0. The summed E-state index contributed by atoms with van der Waals surface area (Å²) in [5, 5.41) is 9.80. The molecule has 84 valence electrons. The number of carbonyl (C=O) groups excluding carboxylic acids is 1. The predicted octanol–water partition coefficient (Wildman–Crippen LogP) is 0.478. The third kappa shape index (κ3) is 4.29. The maximum atomic E-state index is 10.5. The Balaban J connectivity index is 0.00000196. The normalized spacial score (nSPS) is 13.7. The molecule has 1 aromatic carbocycles. The van der Waals surface area contributed by atoms with E-state index in [-0.39, 0.29) is 25.2 Å². The van der Waals surface area contributed by atoms with Crippen molar-refractivity contribution in [3.8, 4) is 0 Å². The molecule has 1 unspecified atom stereocenters. The molecule has 0 aliphatic carbocycles. The summed E-state index contributed by atoms with van der Waals surface area (Å²) in [5.41, 5.74) is 9.71. The molecule has 0 heterocycles. The summed E-state index contributed by atoms with van der Waals surface area (Å²) in [4.78, 5) is 10.5. The zero-order valence-electron chi connectivity index (χ0n) is 8.22. The molecule has 0 aliphatic heterocycles. The Morgan fingerprint density at radius 1 is 1.33 bits per heavy atom. The fourth-order valence-electron chi connectivity index (χ4n) is 1.18. The van der Waals surface area contributed by atoms with E-state index in [1.165, 1.54) is 0 Å². The van der Waals surface area contributed by atoms with Crippen LogP contribution in [0.2, 0.25) is 0 Å². The van der Waals surface area contributed by atoms with Crippen LogP contribution in [0.1, 0.15) is 18.4 Å². The Morgan fingerprint density at radius 3 is 2.33 bits per heavy atom. The van der Waals surface area contributed by atoms with E-state index < -0.39 is 11.6 Å². The van der Waals surface area contributed by atoms with Gasteiger partial charge in [-0.15, -0.1) is 12.4 Å². The second-order valence-electron chi connectivity index (χ2n) is 3.26. The molecule has 0 fully saturated rings. The van der Waals surface area contributed by atoms with Crippen molar-refractivity contribution in [1.82, 2.24) is 0 Å². The average molecular weight is 231 g/mol. The summed E-state index contributed by atoms with van der Waals surface area (Å²) >= 11 is 0. The van der Waals surface area contributed by atoms with Crippen LogP contribution in [0.3, 0.4) is 0 Å². The summed E-state index contributed by atoms with van der Waals surface area (Å²) in [5.74, 6) is -0.468. The predicted molar refractivity (Wildman–Crippen MR) is 60.2 cm³/mol. The Morgan fingerprint density at radius 2 is 1.87 bits per heavy atom. The Kier molecular flexibility index (Phi) is 5.28. The molecule has 0 saturated carbocycles. The molecule has 0 aromatic heterocycles. The van der Waals surface area contributed by atoms with Crippen LogP contribution >= 0.6 is 12.4 Å². The van der Waals surface area contributed by atoms with Crippen molar-refractivity contribution in [3.05, 3.63) is 35.9 Å². The molecule has 1 rings (SSSR count). The minimum atomic E-state index is -1.48. The van der Waals surface area contributed by atoms with Crippen LogP contribution in [-0.4, -0.2) is 11.0 Å². The molecule has 4 nitrogen and oxygen atoms in total. The maximum Gasteiger partial charge on any atom is 0.217 e. The van der Waals surface area contributed by atoms with Crippen molar-refractivity contribution in [2.45, 2.75) is 18.6 Å².